The Balaban J connectivity index is 2.45. The Morgan fingerprint density at radius 2 is 2.21 bits per heavy atom. The molecule has 74 valence electrons. The molecular weight excluding hydrogens is 206 g/mol. The van der Waals surface area contributed by atoms with E-state index in [1.807, 2.05) is 0 Å². The van der Waals surface area contributed by atoms with Crippen LogP contribution in [0.15, 0.2) is 12.1 Å². The van der Waals surface area contributed by atoms with Gasteiger partial charge in [0.25, 0.3) is 0 Å². The minimum Gasteiger partial charge on any atom is -0.454 e. The first kappa shape index (κ1) is 6.95. The smallest absolute Gasteiger partial charge is 0.231 e. The second kappa shape index (κ2) is 3.38. The van der Waals surface area contributed by atoms with Crippen LogP contribution < -0.4 is 15.2 Å². The first-order valence-electron chi connectivity index (χ1n) is 4.83. The molecule has 14 heavy (non-hydrogen) atoms. The summed E-state index contributed by atoms with van der Waals surface area (Å²) in [5, 5.41) is 0. The maximum absolute atomic E-state index is 11.4. The van der Waals surface area contributed by atoms with Crippen LogP contribution in [0.2, 0.25) is 0 Å². The van der Waals surface area contributed by atoms with Crippen LogP contribution in [0.4, 0.5) is 5.69 Å². The highest BCUT2D eigenvalue weighted by atomic mass is 35.5. The largest absolute Gasteiger partial charge is 0.454 e. The van der Waals surface area contributed by atoms with Crippen molar-refractivity contribution in [2.75, 3.05) is 18.4 Å². The molecule has 1 heterocycles. The summed E-state index contributed by atoms with van der Waals surface area (Å²) in [5.41, 5.74) is 6.01. The van der Waals surface area contributed by atoms with Crippen molar-refractivity contribution in [3.8, 4) is 11.5 Å². The Morgan fingerprint density at radius 3 is 2.86 bits per heavy atom. The van der Waals surface area contributed by atoms with E-state index in [1.165, 1.54) is 12.1 Å². The molecule has 0 saturated heterocycles. The number of hydrogen-bond donors (Lipinski definition) is 1. The number of alkyl halides is 1. The summed E-state index contributed by atoms with van der Waals surface area (Å²) in [4.78, 5) is 11.4. The van der Waals surface area contributed by atoms with E-state index < -0.39 is 6.75 Å². The minimum absolute atomic E-state index is 0.146. The van der Waals surface area contributed by atoms with Gasteiger partial charge >= 0.3 is 0 Å². The second-order valence-electron chi connectivity index (χ2n) is 2.73. The summed E-state index contributed by atoms with van der Waals surface area (Å²) in [6.07, 6.45) is 0. The van der Waals surface area contributed by atoms with Gasteiger partial charge in [-0.1, -0.05) is 0 Å². The van der Waals surface area contributed by atoms with Crippen LogP contribution in [-0.4, -0.2) is 18.4 Å². The molecule has 1 aliphatic rings. The maximum atomic E-state index is 11.4. The van der Waals surface area contributed by atoms with Gasteiger partial charge in [-0.2, -0.15) is 0 Å². The van der Waals surface area contributed by atoms with Crippen molar-refractivity contribution in [1.82, 2.24) is 0 Å². The average molecular weight is 216 g/mol. The summed E-state index contributed by atoms with van der Waals surface area (Å²) >= 11 is 5.41. The number of rotatable bonds is 2. The van der Waals surface area contributed by atoms with E-state index >= 15 is 0 Å². The predicted molar refractivity (Wildman–Crippen MR) is 52.0 cm³/mol. The van der Waals surface area contributed by atoms with Crippen LogP contribution in [-0.2, 0) is 0 Å². The van der Waals surface area contributed by atoms with Crippen LogP contribution in [0.25, 0.3) is 0 Å². The van der Waals surface area contributed by atoms with Crippen molar-refractivity contribution in [1.29, 1.82) is 0 Å². The third-order valence-electron chi connectivity index (χ3n) is 1.84. The number of carbonyl (C=O) groups excluding carboxylic acids is 1. The Labute approximate surface area is 88.4 Å². The van der Waals surface area contributed by atoms with E-state index in [0.29, 0.717) is 0 Å². The molecule has 1 aromatic rings. The van der Waals surface area contributed by atoms with Gasteiger partial charge in [-0.05, 0) is 6.07 Å². The molecule has 0 amide bonds. The highest BCUT2D eigenvalue weighted by molar-refractivity contribution is 6.31. The predicted octanol–water partition coefficient (Wildman–Crippen LogP) is 1.42. The number of halogens is 1. The zero-order chi connectivity index (χ0) is 11.9. The summed E-state index contributed by atoms with van der Waals surface area (Å²) < 4.78 is 24.1. The molecule has 0 bridgehead atoms. The highest BCUT2D eigenvalue weighted by Gasteiger charge is 2.18. The fourth-order valence-electron chi connectivity index (χ4n) is 1.16. The third kappa shape index (κ3) is 1.37. The Morgan fingerprint density at radius 1 is 1.57 bits per heavy atom. The molecule has 4 nitrogen and oxygen atoms in total. The molecule has 0 spiro atoms. The topological polar surface area (TPSA) is 61.5 Å². The molecule has 0 aromatic heterocycles. The van der Waals surface area contributed by atoms with Crippen LogP contribution in [0.3, 0.4) is 0 Å². The minimum atomic E-state index is -2.22. The standard InChI is InChI=1S/C9H8ClNO3/c10-3-7(12)5-1-8-9(2-6(5)11)14-4-13-8/h1-2H,3-4,11H2/i4D2. The van der Waals surface area contributed by atoms with E-state index in [9.17, 15) is 4.79 Å². The number of carbonyl (C=O) groups is 1. The number of hydrogen-bond acceptors (Lipinski definition) is 4. The van der Waals surface area contributed by atoms with Gasteiger partial charge in [-0.15, -0.1) is 11.6 Å². The van der Waals surface area contributed by atoms with Crippen molar-refractivity contribution in [2.45, 2.75) is 0 Å². The molecule has 2 rings (SSSR count). The SMILES string of the molecule is [2H]C1([2H])Oc2cc(N)c(C(=O)CCl)cc2O1. The fraction of sp³-hybridized carbons (Fsp3) is 0.222. The molecule has 1 aromatic carbocycles. The van der Waals surface area contributed by atoms with Crippen LogP contribution in [0.1, 0.15) is 13.1 Å². The van der Waals surface area contributed by atoms with Crippen molar-refractivity contribution in [2.24, 2.45) is 0 Å². The number of fused-ring (bicyclic) bond motifs is 1. The summed E-state index contributed by atoms with van der Waals surface area (Å²) in [7, 11) is 0. The van der Waals surface area contributed by atoms with Crippen LogP contribution in [0, 0.1) is 0 Å². The first-order valence-corrected chi connectivity index (χ1v) is 4.37. The van der Waals surface area contributed by atoms with E-state index in [-0.39, 0.29) is 34.4 Å². The van der Waals surface area contributed by atoms with E-state index in [0.717, 1.165) is 0 Å². The average Bonchev–Trinajstić information content (AvgIpc) is 2.48. The van der Waals surface area contributed by atoms with Gasteiger partial charge in [0.1, 0.15) is 2.74 Å². The lowest BCUT2D eigenvalue weighted by Crippen LogP contribution is -2.04. The number of anilines is 1. The molecule has 0 aliphatic carbocycles. The Bertz CT molecular complexity index is 464. The maximum Gasteiger partial charge on any atom is 0.231 e. The number of nitrogen functional groups attached to an aromatic ring is 1. The molecule has 5 heteroatoms. The third-order valence-corrected chi connectivity index (χ3v) is 2.08. The van der Waals surface area contributed by atoms with E-state index in [4.69, 9.17) is 29.5 Å². The lowest BCUT2D eigenvalue weighted by Gasteiger charge is -2.04. The molecule has 0 radical (unpaired) electrons. The summed E-state index contributed by atoms with van der Waals surface area (Å²) in [6, 6.07) is 2.68. The fourth-order valence-corrected chi connectivity index (χ4v) is 1.30. The van der Waals surface area contributed by atoms with Gasteiger partial charge in [-0.3, -0.25) is 4.79 Å². The van der Waals surface area contributed by atoms with Gasteiger partial charge in [0.15, 0.2) is 17.3 Å². The first-order chi connectivity index (χ1) is 7.43. The summed E-state index contributed by atoms with van der Waals surface area (Å²) in [5.74, 6) is -0.226. The molecule has 0 unspecified atom stereocenters. The Kier molecular flexibility index (Phi) is 1.68. The molecule has 0 saturated carbocycles. The molecule has 0 atom stereocenters. The van der Waals surface area contributed by atoms with E-state index in [1.54, 1.807) is 0 Å². The highest BCUT2D eigenvalue weighted by Crippen LogP contribution is 2.36. The monoisotopic (exact) mass is 215 g/mol. The number of nitrogens with two attached hydrogens (primary N) is 1. The zero-order valence-corrected chi connectivity index (χ0v) is 7.80. The Hall–Kier alpha value is -1.42. The van der Waals surface area contributed by atoms with Gasteiger partial charge in [-0.25, -0.2) is 0 Å². The summed E-state index contributed by atoms with van der Waals surface area (Å²) in [6.45, 7) is -2.22. The van der Waals surface area contributed by atoms with E-state index in [2.05, 4.69) is 0 Å². The zero-order valence-electron chi connectivity index (χ0n) is 9.04. The lowest BCUT2D eigenvalue weighted by molar-refractivity contribution is 0.102. The second-order valence-corrected chi connectivity index (χ2v) is 3.00. The van der Waals surface area contributed by atoms with Gasteiger partial charge in [0, 0.05) is 17.3 Å². The molecular formula is C9H8ClNO3. The number of Topliss-reactive ketones (excluding diaryl/α,β-unsaturated/α-hetero) is 1. The number of ketones is 1. The molecule has 0 fully saturated rings. The van der Waals surface area contributed by atoms with Crippen molar-refractivity contribution >= 4 is 23.1 Å². The van der Waals surface area contributed by atoms with Gasteiger partial charge in [0.05, 0.1) is 5.88 Å². The number of ether oxygens (including phenoxy) is 2. The van der Waals surface area contributed by atoms with Crippen molar-refractivity contribution in [3.63, 3.8) is 0 Å². The van der Waals surface area contributed by atoms with Crippen molar-refractivity contribution < 1.29 is 17.0 Å². The lowest BCUT2D eigenvalue weighted by atomic mass is 10.1. The molecule has 2 N–H and O–H groups in total. The van der Waals surface area contributed by atoms with Gasteiger partial charge < -0.3 is 15.2 Å². The van der Waals surface area contributed by atoms with Crippen molar-refractivity contribution in [3.05, 3.63) is 17.7 Å². The normalized spacial score (nSPS) is 18.6. The molecule has 1 aliphatic heterocycles. The van der Waals surface area contributed by atoms with Gasteiger partial charge in [0.2, 0.25) is 6.75 Å². The van der Waals surface area contributed by atoms with Crippen LogP contribution >= 0.6 is 11.6 Å². The number of benzene rings is 1. The quantitative estimate of drug-likeness (QED) is 0.461. The van der Waals surface area contributed by atoms with Crippen LogP contribution in [0.5, 0.6) is 11.5 Å².